The van der Waals surface area contributed by atoms with Gasteiger partial charge in [-0.25, -0.2) is 5.53 Å². The minimum Gasteiger partial charge on any atom is -0.268 e. The second-order valence-electron chi connectivity index (χ2n) is 4.75. The molecule has 0 aromatic heterocycles. The van der Waals surface area contributed by atoms with Crippen molar-refractivity contribution >= 4 is 34.7 Å². The van der Waals surface area contributed by atoms with Crippen molar-refractivity contribution in [2.75, 3.05) is 11.6 Å². The number of rotatable bonds is 6. The van der Waals surface area contributed by atoms with Crippen LogP contribution in [0.15, 0.2) is 68.7 Å². The van der Waals surface area contributed by atoms with Crippen LogP contribution in [0.1, 0.15) is 12.0 Å². The van der Waals surface area contributed by atoms with Crippen LogP contribution in [-0.2, 0) is 0 Å². The average Bonchev–Trinajstić information content (AvgIpc) is 2.79. The maximum Gasteiger partial charge on any atom is 0.136 e. The minimum atomic E-state index is 0.619. The molecule has 23 heavy (non-hydrogen) atoms. The van der Waals surface area contributed by atoms with Gasteiger partial charge in [0.25, 0.3) is 0 Å². The second kappa shape index (κ2) is 8.71. The molecular formula is C17H16BrN5. The van der Waals surface area contributed by atoms with Crippen LogP contribution in [0.3, 0.4) is 0 Å². The van der Waals surface area contributed by atoms with Gasteiger partial charge in [-0.2, -0.15) is 5.26 Å². The smallest absolute Gasteiger partial charge is 0.136 e. The monoisotopic (exact) mass is 369 g/mol. The van der Waals surface area contributed by atoms with E-state index in [1.165, 1.54) is 11.9 Å². The Hall–Kier alpha value is -2.65. The van der Waals surface area contributed by atoms with Gasteiger partial charge in [-0.3, -0.25) is 10.0 Å². The number of hydrazine groups is 1. The highest BCUT2D eigenvalue weighted by atomic mass is 79.9. The van der Waals surface area contributed by atoms with Crippen molar-refractivity contribution in [2.24, 2.45) is 10.1 Å². The summed E-state index contributed by atoms with van der Waals surface area (Å²) in [5, 5.41) is 14.8. The molecule has 1 aliphatic carbocycles. The molecule has 0 spiro atoms. The largest absolute Gasteiger partial charge is 0.268 e. The molecular weight excluding hydrogens is 354 g/mol. The number of halogens is 1. The lowest BCUT2D eigenvalue weighted by Crippen LogP contribution is -2.36. The fourth-order valence-corrected chi connectivity index (χ4v) is 2.32. The summed E-state index contributed by atoms with van der Waals surface area (Å²) in [5.41, 5.74) is 5.68. The van der Waals surface area contributed by atoms with Crippen molar-refractivity contribution in [3.8, 4) is 6.07 Å². The molecule has 6 heteroatoms. The van der Waals surface area contributed by atoms with Crippen LogP contribution < -0.4 is 10.5 Å². The Morgan fingerprint density at radius 1 is 1.35 bits per heavy atom. The third-order valence-electron chi connectivity index (χ3n) is 3.12. The number of hydrogen-bond acceptors (Lipinski definition) is 4. The third-order valence-corrected chi connectivity index (χ3v) is 3.65. The first-order valence-electron chi connectivity index (χ1n) is 6.95. The van der Waals surface area contributed by atoms with Gasteiger partial charge in [0.1, 0.15) is 6.34 Å². The SMILES string of the molecule is C=N/C=N\NN(CC1=CC=C(Br)C=CC1)c1ccc(C#N)cc1. The lowest BCUT2D eigenvalue weighted by Gasteiger charge is -2.24. The number of hydrazone groups is 1. The number of nitrogens with one attached hydrogen (secondary N) is 1. The van der Waals surface area contributed by atoms with Gasteiger partial charge in [-0.05, 0) is 49.1 Å². The minimum absolute atomic E-state index is 0.619. The summed E-state index contributed by atoms with van der Waals surface area (Å²) in [6.07, 6.45) is 10.4. The van der Waals surface area contributed by atoms with Crippen molar-refractivity contribution in [1.29, 1.82) is 5.26 Å². The number of anilines is 1. The zero-order valence-corrected chi connectivity index (χ0v) is 14.1. The first-order valence-corrected chi connectivity index (χ1v) is 7.74. The van der Waals surface area contributed by atoms with E-state index in [-0.39, 0.29) is 0 Å². The Morgan fingerprint density at radius 2 is 2.13 bits per heavy atom. The maximum atomic E-state index is 8.91. The van der Waals surface area contributed by atoms with Gasteiger partial charge >= 0.3 is 0 Å². The molecule has 1 aromatic rings. The highest BCUT2D eigenvalue weighted by Crippen LogP contribution is 2.19. The molecule has 0 atom stereocenters. The number of aliphatic imine (C=N–C) groups is 1. The molecule has 0 radical (unpaired) electrons. The van der Waals surface area contributed by atoms with Crippen molar-refractivity contribution in [1.82, 2.24) is 5.53 Å². The first kappa shape index (κ1) is 16.7. The molecule has 0 aliphatic heterocycles. The number of allylic oxidation sites excluding steroid dienone is 5. The molecule has 0 amide bonds. The third kappa shape index (κ3) is 5.24. The highest BCUT2D eigenvalue weighted by Gasteiger charge is 2.09. The fourth-order valence-electron chi connectivity index (χ4n) is 2.00. The van der Waals surface area contributed by atoms with E-state index < -0.39 is 0 Å². The zero-order valence-electron chi connectivity index (χ0n) is 12.5. The Kier molecular flexibility index (Phi) is 6.33. The van der Waals surface area contributed by atoms with Crippen LogP contribution >= 0.6 is 15.9 Å². The first-order chi connectivity index (χ1) is 11.2. The van der Waals surface area contributed by atoms with Crippen molar-refractivity contribution in [3.63, 3.8) is 0 Å². The number of hydrogen-bond donors (Lipinski definition) is 1. The topological polar surface area (TPSA) is 63.8 Å². The van der Waals surface area contributed by atoms with Crippen LogP contribution in [0.5, 0.6) is 0 Å². The van der Waals surface area contributed by atoms with E-state index in [0.717, 1.165) is 16.6 Å². The molecule has 116 valence electrons. The summed E-state index contributed by atoms with van der Waals surface area (Å²) in [5.74, 6) is 0. The van der Waals surface area contributed by atoms with E-state index in [9.17, 15) is 0 Å². The molecule has 1 N–H and O–H groups in total. The van der Waals surface area contributed by atoms with Crippen LogP contribution in [-0.4, -0.2) is 19.6 Å². The highest BCUT2D eigenvalue weighted by molar-refractivity contribution is 9.11. The Labute approximate surface area is 144 Å². The van der Waals surface area contributed by atoms with E-state index in [1.807, 2.05) is 29.3 Å². The quantitative estimate of drug-likeness (QED) is 0.472. The van der Waals surface area contributed by atoms with Gasteiger partial charge in [0.2, 0.25) is 0 Å². The van der Waals surface area contributed by atoms with Crippen LogP contribution in [0, 0.1) is 11.3 Å². The van der Waals surface area contributed by atoms with Gasteiger partial charge in [0.05, 0.1) is 23.9 Å². The Morgan fingerprint density at radius 3 is 2.83 bits per heavy atom. The van der Waals surface area contributed by atoms with Gasteiger partial charge in [-0.15, -0.1) is 5.10 Å². The van der Waals surface area contributed by atoms with Crippen LogP contribution in [0.4, 0.5) is 5.69 Å². The predicted molar refractivity (Wildman–Crippen MR) is 98.5 cm³/mol. The van der Waals surface area contributed by atoms with E-state index in [0.29, 0.717) is 12.1 Å². The summed E-state index contributed by atoms with van der Waals surface area (Å²) in [6.45, 7) is 4.00. The van der Waals surface area contributed by atoms with Gasteiger partial charge in [0.15, 0.2) is 0 Å². The predicted octanol–water partition coefficient (Wildman–Crippen LogP) is 3.68. The lowest BCUT2D eigenvalue weighted by atomic mass is 10.1. The normalized spacial score (nSPS) is 13.7. The van der Waals surface area contributed by atoms with E-state index >= 15 is 0 Å². The average molecular weight is 370 g/mol. The zero-order chi connectivity index (χ0) is 16.5. The summed E-state index contributed by atoms with van der Waals surface area (Å²) < 4.78 is 1.04. The van der Waals surface area contributed by atoms with E-state index in [2.05, 4.69) is 56.5 Å². The van der Waals surface area contributed by atoms with Crippen LogP contribution in [0.2, 0.25) is 0 Å². The van der Waals surface area contributed by atoms with E-state index in [1.54, 1.807) is 12.1 Å². The number of benzene rings is 1. The summed E-state index contributed by atoms with van der Waals surface area (Å²) in [6, 6.07) is 9.42. The standard InChI is InChI=1S/C17H16BrN5/c1-20-13-21-22-23(17-9-6-14(11-19)7-10-17)12-15-3-2-4-16(18)8-5-15/h2,4-10,13,22H,1,3,12H2/b21-13-. The Balaban J connectivity index is 2.19. The van der Waals surface area contributed by atoms with Crippen molar-refractivity contribution in [2.45, 2.75) is 6.42 Å². The second-order valence-corrected chi connectivity index (χ2v) is 5.67. The molecule has 0 bridgehead atoms. The van der Waals surface area contributed by atoms with Gasteiger partial charge in [0, 0.05) is 4.48 Å². The van der Waals surface area contributed by atoms with Gasteiger partial charge < -0.3 is 0 Å². The molecule has 0 heterocycles. The van der Waals surface area contributed by atoms with Crippen molar-refractivity contribution in [3.05, 3.63) is 64.2 Å². The molecule has 2 rings (SSSR count). The molecule has 0 unspecified atom stereocenters. The fraction of sp³-hybridized carbons (Fsp3) is 0.118. The Bertz CT molecular complexity index is 707. The maximum absolute atomic E-state index is 8.91. The molecule has 1 aliphatic rings. The summed E-state index contributed by atoms with van der Waals surface area (Å²) in [7, 11) is 0. The molecule has 0 saturated heterocycles. The van der Waals surface area contributed by atoms with Gasteiger partial charge in [-0.1, -0.05) is 34.2 Å². The summed E-state index contributed by atoms with van der Waals surface area (Å²) in [4.78, 5) is 3.59. The number of nitrogens with zero attached hydrogens (tertiary/aromatic N) is 4. The molecule has 0 saturated carbocycles. The summed E-state index contributed by atoms with van der Waals surface area (Å²) >= 11 is 3.47. The number of nitriles is 1. The van der Waals surface area contributed by atoms with Crippen molar-refractivity contribution < 1.29 is 0 Å². The molecule has 0 fully saturated rings. The van der Waals surface area contributed by atoms with E-state index in [4.69, 9.17) is 5.26 Å². The lowest BCUT2D eigenvalue weighted by molar-refractivity contribution is 0.680. The van der Waals surface area contributed by atoms with Crippen LogP contribution in [0.25, 0.3) is 0 Å². The molecule has 5 nitrogen and oxygen atoms in total. The molecule has 1 aromatic carbocycles.